The molecule has 0 aliphatic heterocycles. The summed E-state index contributed by atoms with van der Waals surface area (Å²) >= 11 is 0. The molecule has 2 aromatic rings. The van der Waals surface area contributed by atoms with E-state index < -0.39 is 0 Å². The van der Waals surface area contributed by atoms with Crippen molar-refractivity contribution in [2.75, 3.05) is 6.54 Å². The van der Waals surface area contributed by atoms with E-state index in [1.165, 1.54) is 16.2 Å². The Morgan fingerprint density at radius 2 is 2.00 bits per heavy atom. The van der Waals surface area contributed by atoms with Crippen LogP contribution in [-0.2, 0) is 18.4 Å². The number of rotatable bonds is 4. The molecule has 0 radical (unpaired) electrons. The number of nitrogens with one attached hydrogen (secondary N) is 1. The first-order valence-corrected chi connectivity index (χ1v) is 6.03. The van der Waals surface area contributed by atoms with Crippen LogP contribution in [-0.4, -0.2) is 26.8 Å². The highest BCUT2D eigenvalue weighted by molar-refractivity contribution is 5.72. The monoisotopic (exact) mass is 260 g/mol. The molecule has 0 fully saturated rings. The SMILES string of the molecule is CC(=O)NCCn1nc(-c2ccccc2)n(C)c1=O. The van der Waals surface area contributed by atoms with Gasteiger partial charge >= 0.3 is 5.69 Å². The van der Waals surface area contributed by atoms with E-state index in [-0.39, 0.29) is 11.6 Å². The van der Waals surface area contributed by atoms with Crippen molar-refractivity contribution in [3.8, 4) is 11.4 Å². The summed E-state index contributed by atoms with van der Waals surface area (Å²) in [5.41, 5.74) is 0.699. The molecule has 0 saturated heterocycles. The Morgan fingerprint density at radius 1 is 1.32 bits per heavy atom. The Morgan fingerprint density at radius 3 is 2.63 bits per heavy atom. The third-order valence-corrected chi connectivity index (χ3v) is 2.77. The molecule has 6 heteroatoms. The summed E-state index contributed by atoms with van der Waals surface area (Å²) in [7, 11) is 1.69. The zero-order valence-corrected chi connectivity index (χ0v) is 11.0. The van der Waals surface area contributed by atoms with Gasteiger partial charge < -0.3 is 5.32 Å². The molecule has 1 heterocycles. The Kier molecular flexibility index (Phi) is 3.79. The van der Waals surface area contributed by atoms with Crippen LogP contribution in [0.15, 0.2) is 35.1 Å². The summed E-state index contributed by atoms with van der Waals surface area (Å²) in [5, 5.41) is 6.93. The fraction of sp³-hybridized carbons (Fsp3) is 0.308. The van der Waals surface area contributed by atoms with Crippen LogP contribution >= 0.6 is 0 Å². The van der Waals surface area contributed by atoms with Crippen LogP contribution in [0.5, 0.6) is 0 Å². The standard InChI is InChI=1S/C13H16N4O2/c1-10(18)14-8-9-17-13(19)16(2)12(15-17)11-6-4-3-5-7-11/h3-7H,8-9H2,1-2H3,(H,14,18). The van der Waals surface area contributed by atoms with Gasteiger partial charge in [-0.2, -0.15) is 0 Å². The first-order valence-electron chi connectivity index (χ1n) is 6.03. The van der Waals surface area contributed by atoms with Crippen molar-refractivity contribution >= 4 is 5.91 Å². The highest BCUT2D eigenvalue weighted by atomic mass is 16.2. The van der Waals surface area contributed by atoms with E-state index in [1.54, 1.807) is 7.05 Å². The van der Waals surface area contributed by atoms with E-state index in [0.717, 1.165) is 5.56 Å². The fourth-order valence-electron chi connectivity index (χ4n) is 1.81. The Bertz CT molecular complexity index is 628. The van der Waals surface area contributed by atoms with Gasteiger partial charge in [-0.1, -0.05) is 30.3 Å². The second kappa shape index (κ2) is 5.51. The molecule has 0 aliphatic rings. The van der Waals surface area contributed by atoms with E-state index in [9.17, 15) is 9.59 Å². The first kappa shape index (κ1) is 13.1. The number of carbonyl (C=O) groups is 1. The maximum absolute atomic E-state index is 12.0. The number of amides is 1. The molecule has 1 aromatic carbocycles. The van der Waals surface area contributed by atoms with Crippen molar-refractivity contribution in [1.82, 2.24) is 19.7 Å². The quantitative estimate of drug-likeness (QED) is 0.864. The molecule has 1 amide bonds. The minimum Gasteiger partial charge on any atom is -0.354 e. The second-order valence-electron chi connectivity index (χ2n) is 4.24. The van der Waals surface area contributed by atoms with Gasteiger partial charge in [0.1, 0.15) is 0 Å². The van der Waals surface area contributed by atoms with Crippen LogP contribution in [0.1, 0.15) is 6.92 Å². The molecule has 1 N–H and O–H groups in total. The molecule has 0 spiro atoms. The normalized spacial score (nSPS) is 10.4. The maximum Gasteiger partial charge on any atom is 0.345 e. The van der Waals surface area contributed by atoms with Crippen molar-refractivity contribution in [2.24, 2.45) is 7.05 Å². The van der Waals surface area contributed by atoms with Crippen LogP contribution in [0, 0.1) is 0 Å². The van der Waals surface area contributed by atoms with Crippen molar-refractivity contribution in [3.05, 3.63) is 40.8 Å². The number of benzene rings is 1. The molecule has 0 aliphatic carbocycles. The largest absolute Gasteiger partial charge is 0.354 e. The molecule has 0 unspecified atom stereocenters. The third-order valence-electron chi connectivity index (χ3n) is 2.77. The lowest BCUT2D eigenvalue weighted by atomic mass is 10.2. The Labute approximate surface area is 110 Å². The number of carbonyl (C=O) groups excluding carboxylic acids is 1. The lowest BCUT2D eigenvalue weighted by molar-refractivity contribution is -0.118. The second-order valence-corrected chi connectivity index (χ2v) is 4.24. The van der Waals surface area contributed by atoms with Crippen molar-refractivity contribution in [1.29, 1.82) is 0 Å². The van der Waals surface area contributed by atoms with Crippen molar-refractivity contribution in [3.63, 3.8) is 0 Å². The molecule has 0 bridgehead atoms. The summed E-state index contributed by atoms with van der Waals surface area (Å²) in [5.74, 6) is 0.501. The predicted molar refractivity (Wildman–Crippen MR) is 71.6 cm³/mol. The number of nitrogens with zero attached hydrogens (tertiary/aromatic N) is 3. The average Bonchev–Trinajstić information content (AvgIpc) is 2.68. The highest BCUT2D eigenvalue weighted by Crippen LogP contribution is 2.13. The summed E-state index contributed by atoms with van der Waals surface area (Å²) in [6.45, 7) is 2.19. The van der Waals surface area contributed by atoms with Crippen LogP contribution in [0.4, 0.5) is 0 Å². The highest BCUT2D eigenvalue weighted by Gasteiger charge is 2.11. The summed E-state index contributed by atoms with van der Waals surface area (Å²) in [6, 6.07) is 9.52. The predicted octanol–water partition coefficient (Wildman–Crippen LogP) is 0.385. The fourth-order valence-corrected chi connectivity index (χ4v) is 1.81. The van der Waals surface area contributed by atoms with Crippen molar-refractivity contribution in [2.45, 2.75) is 13.5 Å². The van der Waals surface area contributed by atoms with Crippen LogP contribution in [0.2, 0.25) is 0 Å². The Balaban J connectivity index is 2.24. The number of hydrogen-bond acceptors (Lipinski definition) is 3. The molecule has 6 nitrogen and oxygen atoms in total. The molecular formula is C13H16N4O2. The lowest BCUT2D eigenvalue weighted by Crippen LogP contribution is -2.30. The number of aromatic nitrogens is 3. The van der Waals surface area contributed by atoms with Gasteiger partial charge in [0.2, 0.25) is 5.91 Å². The van der Waals surface area contributed by atoms with Gasteiger partial charge in [0.15, 0.2) is 5.82 Å². The average molecular weight is 260 g/mol. The first-order chi connectivity index (χ1) is 9.09. The zero-order valence-electron chi connectivity index (χ0n) is 11.0. The summed E-state index contributed by atoms with van der Waals surface area (Å²) in [6.07, 6.45) is 0. The molecule has 0 saturated carbocycles. The van der Waals surface area contributed by atoms with Crippen LogP contribution in [0.25, 0.3) is 11.4 Å². The van der Waals surface area contributed by atoms with E-state index in [4.69, 9.17) is 0 Å². The topological polar surface area (TPSA) is 68.9 Å². The minimum atomic E-state index is -0.191. The van der Waals surface area contributed by atoms with Gasteiger partial charge in [-0.05, 0) is 0 Å². The maximum atomic E-state index is 12.0. The lowest BCUT2D eigenvalue weighted by Gasteiger charge is -2.00. The molecular weight excluding hydrogens is 244 g/mol. The van der Waals surface area contributed by atoms with Gasteiger partial charge in [-0.25, -0.2) is 9.48 Å². The minimum absolute atomic E-state index is 0.118. The summed E-state index contributed by atoms with van der Waals surface area (Å²) < 4.78 is 2.86. The van der Waals surface area contributed by atoms with Gasteiger partial charge in [0.25, 0.3) is 0 Å². The molecule has 100 valence electrons. The molecule has 1 aromatic heterocycles. The Hall–Kier alpha value is -2.37. The third kappa shape index (κ3) is 2.90. The molecule has 0 atom stereocenters. The summed E-state index contributed by atoms with van der Waals surface area (Å²) in [4.78, 5) is 22.8. The molecule has 19 heavy (non-hydrogen) atoms. The van der Waals surface area contributed by atoms with E-state index in [2.05, 4.69) is 10.4 Å². The zero-order chi connectivity index (χ0) is 13.8. The molecule has 2 rings (SSSR count). The smallest absolute Gasteiger partial charge is 0.345 e. The van der Waals surface area contributed by atoms with Crippen LogP contribution < -0.4 is 11.0 Å². The van der Waals surface area contributed by atoms with E-state index in [1.807, 2.05) is 30.3 Å². The van der Waals surface area contributed by atoms with Gasteiger partial charge in [0, 0.05) is 26.1 Å². The van der Waals surface area contributed by atoms with Gasteiger partial charge in [-0.3, -0.25) is 9.36 Å². The van der Waals surface area contributed by atoms with E-state index in [0.29, 0.717) is 18.9 Å². The van der Waals surface area contributed by atoms with Gasteiger partial charge in [-0.15, -0.1) is 5.10 Å². The van der Waals surface area contributed by atoms with Gasteiger partial charge in [0.05, 0.1) is 6.54 Å². The number of hydrogen-bond donors (Lipinski definition) is 1. The van der Waals surface area contributed by atoms with Crippen LogP contribution in [0.3, 0.4) is 0 Å². The van der Waals surface area contributed by atoms with Crippen molar-refractivity contribution < 1.29 is 4.79 Å². The van der Waals surface area contributed by atoms with E-state index >= 15 is 0 Å².